The van der Waals surface area contributed by atoms with Gasteiger partial charge in [0, 0.05) is 19.6 Å². The van der Waals surface area contributed by atoms with Crippen LogP contribution in [0.25, 0.3) is 0 Å². The van der Waals surface area contributed by atoms with Crippen LogP contribution in [0.2, 0.25) is 0 Å². The Kier molecular flexibility index (Phi) is 5.60. The highest BCUT2D eigenvalue weighted by Gasteiger charge is 2.06. The Morgan fingerprint density at radius 1 is 1.25 bits per heavy atom. The summed E-state index contributed by atoms with van der Waals surface area (Å²) >= 11 is 0. The molecule has 0 aliphatic rings. The molecule has 1 rings (SSSR count). The Labute approximate surface area is 95.7 Å². The van der Waals surface area contributed by atoms with Crippen molar-refractivity contribution in [3.63, 3.8) is 0 Å². The summed E-state index contributed by atoms with van der Waals surface area (Å²) in [6, 6.07) is 1.96. The summed E-state index contributed by atoms with van der Waals surface area (Å²) in [6.07, 6.45) is 3.48. The van der Waals surface area contributed by atoms with Gasteiger partial charge in [-0.15, -0.1) is 0 Å². The van der Waals surface area contributed by atoms with Gasteiger partial charge >= 0.3 is 0 Å². The Balaban J connectivity index is 2.77. The minimum atomic E-state index is 0.0609. The van der Waals surface area contributed by atoms with Gasteiger partial charge in [-0.25, -0.2) is 0 Å². The lowest BCUT2D eigenvalue weighted by atomic mass is 10.3. The summed E-state index contributed by atoms with van der Waals surface area (Å²) in [5.41, 5.74) is 1.85. The molecular formula is C11H19N3O2. The standard InChI is InChI=1S/C11H19N3O2/c1-2-13-10-7-11(9-12-8-10)14(3-5-15)4-6-16/h7-9,13,15-16H,2-6H2,1H3. The number of hydrogen-bond donors (Lipinski definition) is 3. The van der Waals surface area contributed by atoms with Gasteiger partial charge in [0.15, 0.2) is 0 Å². The van der Waals surface area contributed by atoms with Gasteiger partial charge in [-0.05, 0) is 13.0 Å². The van der Waals surface area contributed by atoms with Crippen LogP contribution >= 0.6 is 0 Å². The molecule has 1 aromatic rings. The van der Waals surface area contributed by atoms with Crippen molar-refractivity contribution in [3.05, 3.63) is 18.5 Å². The minimum Gasteiger partial charge on any atom is -0.395 e. The molecule has 0 aliphatic carbocycles. The van der Waals surface area contributed by atoms with Gasteiger partial charge in [0.05, 0.1) is 37.0 Å². The van der Waals surface area contributed by atoms with Gasteiger partial charge in [0.2, 0.25) is 0 Å². The van der Waals surface area contributed by atoms with E-state index in [0.717, 1.165) is 17.9 Å². The Bertz CT molecular complexity index is 301. The second kappa shape index (κ2) is 7.03. The number of anilines is 2. The van der Waals surface area contributed by atoms with E-state index in [1.807, 2.05) is 17.9 Å². The zero-order chi connectivity index (χ0) is 11.8. The third-order valence-electron chi connectivity index (χ3n) is 2.21. The maximum absolute atomic E-state index is 8.94. The van der Waals surface area contributed by atoms with Crippen LogP contribution in [0.15, 0.2) is 18.5 Å². The molecule has 0 saturated carbocycles. The van der Waals surface area contributed by atoms with Gasteiger partial charge in [-0.2, -0.15) is 0 Å². The van der Waals surface area contributed by atoms with Crippen LogP contribution in [0.3, 0.4) is 0 Å². The maximum Gasteiger partial charge on any atom is 0.0606 e. The van der Waals surface area contributed by atoms with Crippen molar-refractivity contribution < 1.29 is 10.2 Å². The van der Waals surface area contributed by atoms with E-state index >= 15 is 0 Å². The lowest BCUT2D eigenvalue weighted by molar-refractivity contribution is 0.281. The molecule has 0 radical (unpaired) electrons. The maximum atomic E-state index is 8.94. The van der Waals surface area contributed by atoms with E-state index in [-0.39, 0.29) is 13.2 Å². The third kappa shape index (κ3) is 3.67. The predicted molar refractivity (Wildman–Crippen MR) is 64.8 cm³/mol. The fourth-order valence-electron chi connectivity index (χ4n) is 1.51. The first-order chi connectivity index (χ1) is 7.81. The molecule has 3 N–H and O–H groups in total. The molecule has 5 nitrogen and oxygen atoms in total. The van der Waals surface area contributed by atoms with Crippen molar-refractivity contribution in [1.82, 2.24) is 4.98 Å². The minimum absolute atomic E-state index is 0.0609. The van der Waals surface area contributed by atoms with E-state index in [0.29, 0.717) is 13.1 Å². The zero-order valence-corrected chi connectivity index (χ0v) is 9.56. The lowest BCUT2D eigenvalue weighted by Crippen LogP contribution is -2.29. The molecule has 0 bridgehead atoms. The van der Waals surface area contributed by atoms with E-state index in [1.54, 1.807) is 12.4 Å². The quantitative estimate of drug-likeness (QED) is 0.623. The number of hydrogen-bond acceptors (Lipinski definition) is 5. The average molecular weight is 225 g/mol. The van der Waals surface area contributed by atoms with Crippen LogP contribution in [-0.2, 0) is 0 Å². The molecular weight excluding hydrogens is 206 g/mol. The van der Waals surface area contributed by atoms with Gasteiger partial charge in [-0.1, -0.05) is 0 Å². The van der Waals surface area contributed by atoms with E-state index in [4.69, 9.17) is 10.2 Å². The van der Waals surface area contributed by atoms with Crippen molar-refractivity contribution in [2.45, 2.75) is 6.92 Å². The summed E-state index contributed by atoms with van der Waals surface area (Å²) in [6.45, 7) is 3.98. The number of aliphatic hydroxyl groups excluding tert-OH is 2. The molecule has 1 heterocycles. The highest BCUT2D eigenvalue weighted by molar-refractivity contribution is 5.55. The smallest absolute Gasteiger partial charge is 0.0606 e. The molecule has 0 spiro atoms. The highest BCUT2D eigenvalue weighted by atomic mass is 16.3. The monoisotopic (exact) mass is 225 g/mol. The molecule has 90 valence electrons. The Morgan fingerprint density at radius 3 is 2.50 bits per heavy atom. The first kappa shape index (κ1) is 12.7. The number of nitrogens with zero attached hydrogens (tertiary/aromatic N) is 2. The molecule has 0 amide bonds. The highest BCUT2D eigenvalue weighted by Crippen LogP contribution is 2.17. The second-order valence-corrected chi connectivity index (χ2v) is 3.40. The number of aromatic nitrogens is 1. The molecule has 0 atom stereocenters. The van der Waals surface area contributed by atoms with Gasteiger partial charge in [-0.3, -0.25) is 4.98 Å². The normalized spacial score (nSPS) is 10.2. The average Bonchev–Trinajstić information content (AvgIpc) is 2.30. The van der Waals surface area contributed by atoms with Crippen LogP contribution < -0.4 is 10.2 Å². The van der Waals surface area contributed by atoms with Crippen molar-refractivity contribution in [1.29, 1.82) is 0 Å². The zero-order valence-electron chi connectivity index (χ0n) is 9.56. The summed E-state index contributed by atoms with van der Waals surface area (Å²) in [5.74, 6) is 0. The molecule has 0 aromatic carbocycles. The summed E-state index contributed by atoms with van der Waals surface area (Å²) in [4.78, 5) is 6.02. The number of pyridine rings is 1. The van der Waals surface area contributed by atoms with Gasteiger partial charge in [0.25, 0.3) is 0 Å². The van der Waals surface area contributed by atoms with Crippen molar-refractivity contribution in [2.24, 2.45) is 0 Å². The summed E-state index contributed by atoms with van der Waals surface area (Å²) in [5, 5.41) is 21.0. The van der Waals surface area contributed by atoms with Gasteiger partial charge < -0.3 is 20.4 Å². The fraction of sp³-hybridized carbons (Fsp3) is 0.545. The largest absolute Gasteiger partial charge is 0.395 e. The van der Waals surface area contributed by atoms with Crippen LogP contribution in [-0.4, -0.2) is 48.0 Å². The summed E-state index contributed by atoms with van der Waals surface area (Å²) < 4.78 is 0. The lowest BCUT2D eigenvalue weighted by Gasteiger charge is -2.23. The SMILES string of the molecule is CCNc1cncc(N(CCO)CCO)c1. The number of nitrogens with one attached hydrogen (secondary N) is 1. The predicted octanol–water partition coefficient (Wildman–Crippen LogP) is 0.304. The Hall–Kier alpha value is -1.33. The molecule has 5 heteroatoms. The number of aliphatic hydroxyl groups is 2. The van der Waals surface area contributed by atoms with Gasteiger partial charge in [0.1, 0.15) is 0 Å². The van der Waals surface area contributed by atoms with Crippen LogP contribution in [0.4, 0.5) is 11.4 Å². The van der Waals surface area contributed by atoms with E-state index < -0.39 is 0 Å². The first-order valence-electron chi connectivity index (χ1n) is 5.47. The Morgan fingerprint density at radius 2 is 1.94 bits per heavy atom. The second-order valence-electron chi connectivity index (χ2n) is 3.40. The number of rotatable bonds is 7. The topological polar surface area (TPSA) is 68.6 Å². The first-order valence-corrected chi connectivity index (χ1v) is 5.47. The molecule has 0 fully saturated rings. The molecule has 0 saturated heterocycles. The van der Waals surface area contributed by atoms with E-state index in [2.05, 4.69) is 10.3 Å². The van der Waals surface area contributed by atoms with Crippen molar-refractivity contribution >= 4 is 11.4 Å². The molecule has 1 aromatic heterocycles. The van der Waals surface area contributed by atoms with Crippen molar-refractivity contribution in [2.75, 3.05) is 43.1 Å². The van der Waals surface area contributed by atoms with Crippen LogP contribution in [0, 0.1) is 0 Å². The molecule has 0 aliphatic heterocycles. The fourth-order valence-corrected chi connectivity index (χ4v) is 1.51. The molecule has 0 unspecified atom stereocenters. The summed E-state index contributed by atoms with van der Waals surface area (Å²) in [7, 11) is 0. The van der Waals surface area contributed by atoms with Crippen LogP contribution in [0.1, 0.15) is 6.92 Å². The van der Waals surface area contributed by atoms with Crippen LogP contribution in [0.5, 0.6) is 0 Å². The van der Waals surface area contributed by atoms with E-state index in [9.17, 15) is 0 Å². The third-order valence-corrected chi connectivity index (χ3v) is 2.21. The van der Waals surface area contributed by atoms with Crippen molar-refractivity contribution in [3.8, 4) is 0 Å². The molecule has 16 heavy (non-hydrogen) atoms. The van der Waals surface area contributed by atoms with E-state index in [1.165, 1.54) is 0 Å².